The fourth-order valence-electron chi connectivity index (χ4n) is 2.27. The molecule has 0 bridgehead atoms. The van der Waals surface area contributed by atoms with Crippen molar-refractivity contribution in [3.63, 3.8) is 0 Å². The first-order valence-electron chi connectivity index (χ1n) is 8.03. The lowest BCUT2D eigenvalue weighted by molar-refractivity contribution is -0.862. The van der Waals surface area contributed by atoms with Gasteiger partial charge < -0.3 is 15.5 Å². The van der Waals surface area contributed by atoms with Crippen LogP contribution in [-0.2, 0) is 9.59 Å². The summed E-state index contributed by atoms with van der Waals surface area (Å²) in [5.41, 5.74) is 0.961. The Bertz CT molecular complexity index is 770. The van der Waals surface area contributed by atoms with Crippen LogP contribution in [0.15, 0.2) is 53.4 Å². The maximum atomic E-state index is 12.8. The second-order valence-corrected chi connectivity index (χ2v) is 6.88. The lowest BCUT2D eigenvalue weighted by Gasteiger charge is -2.14. The lowest BCUT2D eigenvalue weighted by Crippen LogP contribution is -3.11. The minimum atomic E-state index is -2.50. The third kappa shape index (κ3) is 7.71. The van der Waals surface area contributed by atoms with Crippen LogP contribution in [0.25, 0.3) is 0 Å². The van der Waals surface area contributed by atoms with Crippen molar-refractivity contribution in [3.05, 3.63) is 54.3 Å². The Morgan fingerprint density at radius 1 is 0.926 bits per heavy atom. The number of rotatable bonds is 8. The highest BCUT2D eigenvalue weighted by atomic mass is 32.2. The lowest BCUT2D eigenvalue weighted by atomic mass is 10.3. The number of alkyl halides is 2. The van der Waals surface area contributed by atoms with E-state index >= 15 is 0 Å². The zero-order valence-corrected chi connectivity index (χ0v) is 15.3. The summed E-state index contributed by atoms with van der Waals surface area (Å²) in [6.07, 6.45) is 0. The molecule has 2 amide bonds. The predicted octanol–water partition coefficient (Wildman–Crippen LogP) is 2.23. The van der Waals surface area contributed by atoms with Crippen molar-refractivity contribution < 1.29 is 27.7 Å². The number of amides is 2. The molecule has 0 aliphatic carbocycles. The van der Waals surface area contributed by atoms with Gasteiger partial charge in [0, 0.05) is 16.3 Å². The third-order valence-electron chi connectivity index (χ3n) is 3.42. The number of likely N-dealkylation sites (N-methyl/N-ethyl adjacent to an activating group) is 1. The van der Waals surface area contributed by atoms with Gasteiger partial charge >= 0.3 is 0 Å². The summed E-state index contributed by atoms with van der Waals surface area (Å²) in [5, 5.41) is 5.28. The van der Waals surface area contributed by atoms with Crippen LogP contribution < -0.4 is 15.5 Å². The molecule has 0 fully saturated rings. The van der Waals surface area contributed by atoms with E-state index in [4.69, 9.17) is 0 Å². The van der Waals surface area contributed by atoms with E-state index in [1.807, 2.05) is 0 Å². The largest absolute Gasteiger partial charge is 0.322 e. The smallest absolute Gasteiger partial charge is 0.288 e. The van der Waals surface area contributed by atoms with E-state index < -0.39 is 11.6 Å². The fraction of sp³-hybridized carbons (Fsp3) is 0.222. The molecule has 0 aliphatic rings. The number of carbonyl (C=O) groups excluding carboxylic acids is 2. The van der Waals surface area contributed by atoms with Gasteiger partial charge in [-0.1, -0.05) is 11.8 Å². The Kier molecular flexibility index (Phi) is 7.68. The Hall–Kier alpha value is -2.52. The summed E-state index contributed by atoms with van der Waals surface area (Å²) in [6.45, 7) is 0.0964. The van der Waals surface area contributed by atoms with E-state index in [1.54, 1.807) is 19.2 Å². The van der Waals surface area contributed by atoms with Gasteiger partial charge in [-0.3, -0.25) is 9.59 Å². The maximum absolute atomic E-state index is 12.8. The Labute approximate surface area is 158 Å². The number of benzene rings is 2. The molecule has 0 saturated heterocycles. The molecule has 0 spiro atoms. The molecule has 0 heterocycles. The average Bonchev–Trinajstić information content (AvgIpc) is 2.58. The number of hydrogen-bond acceptors (Lipinski definition) is 3. The molecule has 0 aromatic heterocycles. The molecule has 2 rings (SSSR count). The van der Waals surface area contributed by atoms with Gasteiger partial charge in [0.1, 0.15) is 5.82 Å². The van der Waals surface area contributed by atoms with Gasteiger partial charge in [-0.05, 0) is 48.5 Å². The van der Waals surface area contributed by atoms with Gasteiger partial charge in [-0.25, -0.2) is 4.39 Å². The summed E-state index contributed by atoms with van der Waals surface area (Å²) >= 11 is 0.429. The van der Waals surface area contributed by atoms with E-state index in [0.717, 1.165) is 0 Å². The van der Waals surface area contributed by atoms with Crippen LogP contribution in [0.4, 0.5) is 24.5 Å². The average molecular weight is 398 g/mol. The maximum Gasteiger partial charge on any atom is 0.288 e. The first kappa shape index (κ1) is 20.8. The highest BCUT2D eigenvalue weighted by molar-refractivity contribution is 7.99. The number of halogens is 3. The molecule has 3 N–H and O–H groups in total. The molecule has 1 unspecified atom stereocenters. The van der Waals surface area contributed by atoms with Gasteiger partial charge in [0.05, 0.1) is 7.05 Å². The fourth-order valence-corrected chi connectivity index (χ4v) is 2.77. The van der Waals surface area contributed by atoms with Crippen LogP contribution in [0, 0.1) is 5.82 Å². The first-order chi connectivity index (χ1) is 12.8. The highest BCUT2D eigenvalue weighted by Crippen LogP contribution is 2.26. The predicted molar refractivity (Wildman–Crippen MR) is 98.6 cm³/mol. The topological polar surface area (TPSA) is 62.6 Å². The molecular formula is C18H19F3N3O2S+. The van der Waals surface area contributed by atoms with E-state index in [-0.39, 0.29) is 24.9 Å². The van der Waals surface area contributed by atoms with Crippen molar-refractivity contribution in [2.45, 2.75) is 10.7 Å². The second kappa shape index (κ2) is 9.98. The molecule has 144 valence electrons. The van der Waals surface area contributed by atoms with Crippen molar-refractivity contribution >= 4 is 35.0 Å². The number of thioether (sulfide) groups is 1. The van der Waals surface area contributed by atoms with E-state index in [0.29, 0.717) is 32.9 Å². The normalized spacial score (nSPS) is 11.9. The number of nitrogens with one attached hydrogen (secondary N) is 3. The monoisotopic (exact) mass is 398 g/mol. The SMILES string of the molecule is C[NH+](CC(=O)Nc1ccc(F)cc1)CC(=O)Nc1ccc(SC(F)F)cc1. The summed E-state index contributed by atoms with van der Waals surface area (Å²) in [5.74, 6) is -3.51. The van der Waals surface area contributed by atoms with E-state index in [1.165, 1.54) is 36.4 Å². The van der Waals surface area contributed by atoms with Crippen LogP contribution >= 0.6 is 11.8 Å². The molecule has 2 aromatic carbocycles. The minimum Gasteiger partial charge on any atom is -0.322 e. The molecule has 0 aliphatic heterocycles. The standard InChI is InChI=1S/C18H18F3N3O2S/c1-24(10-16(25)22-13-4-2-12(19)3-5-13)11-17(26)23-14-6-8-15(9-7-14)27-18(20)21/h2-9,18H,10-11H2,1H3,(H,22,25)(H,23,26)/p+1. The van der Waals surface area contributed by atoms with Crippen LogP contribution in [0.5, 0.6) is 0 Å². The molecule has 0 saturated carbocycles. The van der Waals surface area contributed by atoms with Crippen LogP contribution in [0.2, 0.25) is 0 Å². The summed E-state index contributed by atoms with van der Waals surface area (Å²) in [6, 6.07) is 11.5. The molecule has 5 nitrogen and oxygen atoms in total. The number of quaternary nitrogens is 1. The van der Waals surface area contributed by atoms with Crippen molar-refractivity contribution in [3.8, 4) is 0 Å². The number of anilines is 2. The Morgan fingerprint density at radius 2 is 1.37 bits per heavy atom. The quantitative estimate of drug-likeness (QED) is 0.598. The van der Waals surface area contributed by atoms with Crippen molar-refractivity contribution in [2.24, 2.45) is 0 Å². The van der Waals surface area contributed by atoms with E-state index in [2.05, 4.69) is 10.6 Å². The molecular weight excluding hydrogens is 379 g/mol. The van der Waals surface area contributed by atoms with Crippen molar-refractivity contribution in [1.29, 1.82) is 0 Å². The van der Waals surface area contributed by atoms with Crippen LogP contribution in [-0.4, -0.2) is 37.7 Å². The van der Waals surface area contributed by atoms with Crippen molar-refractivity contribution in [1.82, 2.24) is 0 Å². The first-order valence-corrected chi connectivity index (χ1v) is 8.91. The Balaban J connectivity index is 1.77. The van der Waals surface area contributed by atoms with Crippen LogP contribution in [0.3, 0.4) is 0 Å². The number of carbonyl (C=O) groups is 2. The summed E-state index contributed by atoms with van der Waals surface area (Å²) in [4.78, 5) is 25.0. The van der Waals surface area contributed by atoms with Gasteiger partial charge in [0.2, 0.25) is 0 Å². The van der Waals surface area contributed by atoms with Crippen molar-refractivity contribution in [2.75, 3.05) is 30.8 Å². The van der Waals surface area contributed by atoms with E-state index in [9.17, 15) is 22.8 Å². The second-order valence-electron chi connectivity index (χ2n) is 5.82. The van der Waals surface area contributed by atoms with Gasteiger partial charge in [0.15, 0.2) is 13.1 Å². The number of hydrogen-bond donors (Lipinski definition) is 3. The van der Waals surface area contributed by atoms with Gasteiger partial charge in [-0.2, -0.15) is 8.78 Å². The molecule has 1 atom stereocenters. The molecule has 0 radical (unpaired) electrons. The van der Waals surface area contributed by atoms with Crippen LogP contribution in [0.1, 0.15) is 0 Å². The Morgan fingerprint density at radius 3 is 1.81 bits per heavy atom. The van der Waals surface area contributed by atoms with Gasteiger partial charge in [0.25, 0.3) is 17.6 Å². The zero-order valence-electron chi connectivity index (χ0n) is 14.5. The molecule has 9 heteroatoms. The van der Waals surface area contributed by atoms with Gasteiger partial charge in [-0.15, -0.1) is 0 Å². The molecule has 27 heavy (non-hydrogen) atoms. The minimum absolute atomic E-state index is 0.0460. The summed E-state index contributed by atoms with van der Waals surface area (Å²) in [7, 11) is 1.69. The third-order valence-corrected chi connectivity index (χ3v) is 4.14. The zero-order chi connectivity index (χ0) is 19.8. The summed E-state index contributed by atoms with van der Waals surface area (Å²) < 4.78 is 37.4. The highest BCUT2D eigenvalue weighted by Gasteiger charge is 2.15. The molecule has 2 aromatic rings.